The summed E-state index contributed by atoms with van der Waals surface area (Å²) in [5.74, 6) is 0.386. The number of rotatable bonds is 3. The van der Waals surface area contributed by atoms with Gasteiger partial charge in [-0.1, -0.05) is 0 Å². The topological polar surface area (TPSA) is 52.5 Å². The van der Waals surface area contributed by atoms with Gasteiger partial charge in [0, 0.05) is 25.6 Å². The molecule has 1 saturated heterocycles. The van der Waals surface area contributed by atoms with Crippen LogP contribution in [0.15, 0.2) is 0 Å². The quantitative estimate of drug-likeness (QED) is 0.458. The smallest absolute Gasteiger partial charge is 0.0614 e. The van der Waals surface area contributed by atoms with E-state index in [0.29, 0.717) is 12.3 Å². The SMILES string of the molecule is OCC[C@H](O)C1CNC1. The predicted octanol–water partition coefficient (Wildman–Crippen LogP) is -1.05. The predicted molar refractivity (Wildman–Crippen MR) is 34.1 cm³/mol. The van der Waals surface area contributed by atoms with E-state index in [9.17, 15) is 0 Å². The van der Waals surface area contributed by atoms with E-state index in [-0.39, 0.29) is 12.7 Å². The van der Waals surface area contributed by atoms with Crippen LogP contribution in [0.2, 0.25) is 0 Å². The van der Waals surface area contributed by atoms with Gasteiger partial charge in [0.2, 0.25) is 0 Å². The summed E-state index contributed by atoms with van der Waals surface area (Å²) in [6.07, 6.45) is 0.225. The third-order valence-electron chi connectivity index (χ3n) is 1.78. The van der Waals surface area contributed by atoms with Crippen molar-refractivity contribution >= 4 is 0 Å². The maximum Gasteiger partial charge on any atom is 0.0614 e. The zero-order valence-corrected chi connectivity index (χ0v) is 5.38. The van der Waals surface area contributed by atoms with Crippen LogP contribution in [-0.2, 0) is 0 Å². The first-order valence-electron chi connectivity index (χ1n) is 3.34. The lowest BCUT2D eigenvalue weighted by atomic mass is 9.94. The molecule has 3 heteroatoms. The van der Waals surface area contributed by atoms with Crippen molar-refractivity contribution in [2.75, 3.05) is 19.7 Å². The molecule has 1 atom stereocenters. The van der Waals surface area contributed by atoms with Gasteiger partial charge in [-0.25, -0.2) is 0 Å². The average molecular weight is 131 g/mol. The first-order valence-corrected chi connectivity index (χ1v) is 3.34. The maximum absolute atomic E-state index is 9.17. The minimum absolute atomic E-state index is 0.0949. The largest absolute Gasteiger partial charge is 0.396 e. The Bertz CT molecular complexity index is 83.1. The summed E-state index contributed by atoms with van der Waals surface area (Å²) in [6.45, 7) is 1.90. The summed E-state index contributed by atoms with van der Waals surface area (Å²) in [5.41, 5.74) is 0. The fourth-order valence-electron chi connectivity index (χ4n) is 0.951. The number of aliphatic hydroxyl groups is 2. The molecule has 0 spiro atoms. The number of hydrogen-bond donors (Lipinski definition) is 3. The van der Waals surface area contributed by atoms with Gasteiger partial charge in [0.15, 0.2) is 0 Å². The zero-order chi connectivity index (χ0) is 6.69. The highest BCUT2D eigenvalue weighted by Gasteiger charge is 2.24. The Morgan fingerprint density at radius 1 is 1.56 bits per heavy atom. The molecule has 1 rings (SSSR count). The van der Waals surface area contributed by atoms with Crippen LogP contribution in [0.4, 0.5) is 0 Å². The molecule has 1 aliphatic heterocycles. The summed E-state index contributed by atoms with van der Waals surface area (Å²) in [5, 5.41) is 20.7. The van der Waals surface area contributed by atoms with Crippen molar-refractivity contribution in [3.63, 3.8) is 0 Å². The molecule has 0 unspecified atom stereocenters. The monoisotopic (exact) mass is 131 g/mol. The van der Waals surface area contributed by atoms with Gasteiger partial charge < -0.3 is 15.5 Å². The minimum Gasteiger partial charge on any atom is -0.396 e. The molecule has 54 valence electrons. The Balaban J connectivity index is 2.08. The van der Waals surface area contributed by atoms with E-state index < -0.39 is 0 Å². The lowest BCUT2D eigenvalue weighted by Gasteiger charge is -2.31. The summed E-state index contributed by atoms with van der Waals surface area (Å²) in [7, 11) is 0. The van der Waals surface area contributed by atoms with Crippen molar-refractivity contribution < 1.29 is 10.2 Å². The molecule has 3 nitrogen and oxygen atoms in total. The van der Waals surface area contributed by atoms with Crippen LogP contribution in [0.5, 0.6) is 0 Å². The van der Waals surface area contributed by atoms with E-state index >= 15 is 0 Å². The van der Waals surface area contributed by atoms with Gasteiger partial charge in [0.25, 0.3) is 0 Å². The Morgan fingerprint density at radius 3 is 2.56 bits per heavy atom. The molecule has 3 N–H and O–H groups in total. The van der Waals surface area contributed by atoms with Crippen molar-refractivity contribution in [1.82, 2.24) is 5.32 Å². The van der Waals surface area contributed by atoms with Gasteiger partial charge in [0.1, 0.15) is 0 Å². The summed E-state index contributed by atoms with van der Waals surface area (Å²) in [4.78, 5) is 0. The lowest BCUT2D eigenvalue weighted by Crippen LogP contribution is -2.48. The van der Waals surface area contributed by atoms with Gasteiger partial charge in [0.05, 0.1) is 6.10 Å². The molecule has 0 saturated carbocycles. The normalized spacial score (nSPS) is 23.3. The van der Waals surface area contributed by atoms with Crippen LogP contribution in [-0.4, -0.2) is 36.0 Å². The standard InChI is InChI=1S/C6H13NO2/c8-2-1-6(9)5-3-7-4-5/h5-9H,1-4H2/t6-/m0/s1. The molecular formula is C6H13NO2. The van der Waals surface area contributed by atoms with Crippen molar-refractivity contribution in [3.8, 4) is 0 Å². The van der Waals surface area contributed by atoms with Crippen LogP contribution in [0, 0.1) is 5.92 Å². The molecule has 0 radical (unpaired) electrons. The Morgan fingerprint density at radius 2 is 2.22 bits per heavy atom. The van der Waals surface area contributed by atoms with Crippen LogP contribution < -0.4 is 5.32 Å². The van der Waals surface area contributed by atoms with Gasteiger partial charge in [-0.3, -0.25) is 0 Å². The zero-order valence-electron chi connectivity index (χ0n) is 5.38. The highest BCUT2D eigenvalue weighted by Crippen LogP contribution is 2.10. The highest BCUT2D eigenvalue weighted by atomic mass is 16.3. The summed E-state index contributed by atoms with van der Waals surface area (Å²) < 4.78 is 0. The van der Waals surface area contributed by atoms with Crippen molar-refractivity contribution in [2.24, 2.45) is 5.92 Å². The second kappa shape index (κ2) is 3.15. The summed E-state index contributed by atoms with van der Waals surface area (Å²) in [6, 6.07) is 0. The number of nitrogens with one attached hydrogen (secondary N) is 1. The molecule has 0 amide bonds. The first-order chi connectivity index (χ1) is 4.34. The van der Waals surface area contributed by atoms with Gasteiger partial charge >= 0.3 is 0 Å². The number of hydrogen-bond acceptors (Lipinski definition) is 3. The van der Waals surface area contributed by atoms with Crippen LogP contribution in [0.25, 0.3) is 0 Å². The van der Waals surface area contributed by atoms with Crippen molar-refractivity contribution in [3.05, 3.63) is 0 Å². The van der Waals surface area contributed by atoms with Crippen LogP contribution in [0.1, 0.15) is 6.42 Å². The second-order valence-corrected chi connectivity index (χ2v) is 2.50. The average Bonchev–Trinajstić information content (AvgIpc) is 1.60. The molecule has 9 heavy (non-hydrogen) atoms. The molecular weight excluding hydrogens is 118 g/mol. The van der Waals surface area contributed by atoms with Crippen molar-refractivity contribution in [1.29, 1.82) is 0 Å². The first kappa shape index (κ1) is 6.99. The van der Waals surface area contributed by atoms with Gasteiger partial charge in [-0.05, 0) is 6.42 Å². The molecule has 0 aromatic heterocycles. The Labute approximate surface area is 54.7 Å². The Kier molecular flexibility index (Phi) is 2.45. The van der Waals surface area contributed by atoms with Gasteiger partial charge in [-0.2, -0.15) is 0 Å². The van der Waals surface area contributed by atoms with E-state index in [1.165, 1.54) is 0 Å². The van der Waals surface area contributed by atoms with Gasteiger partial charge in [-0.15, -0.1) is 0 Å². The second-order valence-electron chi connectivity index (χ2n) is 2.50. The minimum atomic E-state index is -0.295. The van der Waals surface area contributed by atoms with E-state index in [4.69, 9.17) is 10.2 Å². The molecule has 1 fully saturated rings. The molecule has 0 aromatic rings. The third kappa shape index (κ3) is 1.64. The Hall–Kier alpha value is -0.120. The third-order valence-corrected chi connectivity index (χ3v) is 1.78. The molecule has 0 bridgehead atoms. The fraction of sp³-hybridized carbons (Fsp3) is 1.00. The molecule has 1 heterocycles. The fourth-order valence-corrected chi connectivity index (χ4v) is 0.951. The molecule has 0 aromatic carbocycles. The summed E-state index contributed by atoms with van der Waals surface area (Å²) >= 11 is 0. The van der Waals surface area contributed by atoms with E-state index in [1.807, 2.05) is 0 Å². The number of aliphatic hydroxyl groups excluding tert-OH is 2. The highest BCUT2D eigenvalue weighted by molar-refractivity contribution is 4.80. The lowest BCUT2D eigenvalue weighted by molar-refractivity contribution is 0.0541. The van der Waals surface area contributed by atoms with Crippen LogP contribution in [0.3, 0.4) is 0 Å². The molecule has 1 aliphatic rings. The van der Waals surface area contributed by atoms with E-state index in [1.54, 1.807) is 0 Å². The van der Waals surface area contributed by atoms with E-state index in [2.05, 4.69) is 5.32 Å². The van der Waals surface area contributed by atoms with E-state index in [0.717, 1.165) is 13.1 Å². The molecule has 0 aliphatic carbocycles. The van der Waals surface area contributed by atoms with Crippen LogP contribution >= 0.6 is 0 Å². The maximum atomic E-state index is 9.17. The van der Waals surface area contributed by atoms with Crippen molar-refractivity contribution in [2.45, 2.75) is 12.5 Å².